The van der Waals surface area contributed by atoms with Crippen molar-refractivity contribution in [2.45, 2.75) is 33.7 Å². The lowest BCUT2D eigenvalue weighted by molar-refractivity contribution is 0.597. The van der Waals surface area contributed by atoms with E-state index in [1.165, 1.54) is 0 Å². The van der Waals surface area contributed by atoms with Crippen molar-refractivity contribution in [3.05, 3.63) is 34.6 Å². The normalized spacial score (nSPS) is 11.4. The Hall–Kier alpha value is -2.61. The van der Waals surface area contributed by atoms with Crippen molar-refractivity contribution >= 4 is 21.9 Å². The lowest BCUT2D eigenvalue weighted by atomic mass is 10.1. The van der Waals surface area contributed by atoms with E-state index in [1.807, 2.05) is 13.8 Å². The number of aryl methyl sites for hydroxylation is 2. The topological polar surface area (TPSA) is 81.2 Å². The standard InChI is InChI=1S/C16H17N5/c1-8(2)21-10(4)6-11-5-9(3)19-14-12(7-17)15(18)20-16(21)13(11)14/h5-6,8,18-19H,1-4H3. The molecule has 0 aliphatic rings. The minimum atomic E-state index is 0.0214. The van der Waals surface area contributed by atoms with E-state index in [0.29, 0.717) is 11.1 Å². The summed E-state index contributed by atoms with van der Waals surface area (Å²) in [6, 6.07) is 6.51. The number of H-pyrrole nitrogens is 1. The predicted octanol–water partition coefficient (Wildman–Crippen LogP) is 3.07. The average molecular weight is 279 g/mol. The molecule has 21 heavy (non-hydrogen) atoms. The summed E-state index contributed by atoms with van der Waals surface area (Å²) in [6.07, 6.45) is 0. The molecule has 0 amide bonds. The zero-order chi connectivity index (χ0) is 15.3. The van der Waals surface area contributed by atoms with E-state index < -0.39 is 0 Å². The summed E-state index contributed by atoms with van der Waals surface area (Å²) in [5, 5.41) is 19.4. The zero-order valence-corrected chi connectivity index (χ0v) is 12.6. The van der Waals surface area contributed by atoms with Crippen molar-refractivity contribution < 1.29 is 0 Å². The van der Waals surface area contributed by atoms with Crippen LogP contribution in [0.25, 0.3) is 21.9 Å². The fraction of sp³-hybridized carbons (Fsp3) is 0.312. The first-order valence-corrected chi connectivity index (χ1v) is 6.94. The number of aromatic nitrogens is 3. The van der Waals surface area contributed by atoms with Crippen LogP contribution in [0, 0.1) is 30.6 Å². The zero-order valence-electron chi connectivity index (χ0n) is 12.6. The van der Waals surface area contributed by atoms with Crippen LogP contribution < -0.4 is 5.49 Å². The van der Waals surface area contributed by atoms with Gasteiger partial charge in [-0.3, -0.25) is 5.41 Å². The van der Waals surface area contributed by atoms with Gasteiger partial charge >= 0.3 is 0 Å². The molecule has 5 heteroatoms. The quantitative estimate of drug-likeness (QED) is 0.717. The van der Waals surface area contributed by atoms with Crippen LogP contribution >= 0.6 is 0 Å². The molecule has 0 saturated carbocycles. The molecule has 0 aliphatic heterocycles. The van der Waals surface area contributed by atoms with Crippen LogP contribution in [0.3, 0.4) is 0 Å². The van der Waals surface area contributed by atoms with Gasteiger partial charge in [-0.1, -0.05) is 0 Å². The smallest absolute Gasteiger partial charge is 0.167 e. The first-order valence-electron chi connectivity index (χ1n) is 6.94. The Kier molecular flexibility index (Phi) is 2.84. The highest BCUT2D eigenvalue weighted by molar-refractivity contribution is 6.07. The van der Waals surface area contributed by atoms with Gasteiger partial charge in [0.2, 0.25) is 0 Å². The molecule has 0 spiro atoms. The SMILES string of the molecule is Cc1cc2cc(C)n(C(C)C)c3nc(=N)c(C#N)c([nH]1)c23. The molecular formula is C16H17N5. The molecule has 3 rings (SSSR count). The van der Waals surface area contributed by atoms with E-state index in [0.717, 1.165) is 27.8 Å². The Morgan fingerprint density at radius 1 is 1.33 bits per heavy atom. The van der Waals surface area contributed by atoms with Gasteiger partial charge in [-0.2, -0.15) is 5.26 Å². The Labute approximate surface area is 122 Å². The fourth-order valence-electron chi connectivity index (χ4n) is 3.02. The molecule has 0 radical (unpaired) electrons. The maximum atomic E-state index is 9.35. The molecule has 5 nitrogen and oxygen atoms in total. The number of pyridine rings is 3. The van der Waals surface area contributed by atoms with Crippen LogP contribution in [0.1, 0.15) is 36.8 Å². The molecule has 3 heterocycles. The molecule has 3 aromatic heterocycles. The molecule has 0 unspecified atom stereocenters. The summed E-state index contributed by atoms with van der Waals surface area (Å²) < 4.78 is 2.11. The first kappa shape index (κ1) is 13.4. The van der Waals surface area contributed by atoms with Gasteiger partial charge < -0.3 is 9.55 Å². The van der Waals surface area contributed by atoms with Crippen molar-refractivity contribution in [2.24, 2.45) is 0 Å². The molecule has 3 aromatic rings. The minimum Gasteiger partial charge on any atom is -0.357 e. The van der Waals surface area contributed by atoms with Crippen LogP contribution in [-0.4, -0.2) is 14.5 Å². The van der Waals surface area contributed by atoms with E-state index in [4.69, 9.17) is 5.41 Å². The summed E-state index contributed by atoms with van der Waals surface area (Å²) >= 11 is 0. The van der Waals surface area contributed by atoms with Gasteiger partial charge in [0, 0.05) is 22.8 Å². The molecule has 0 aromatic carbocycles. The maximum absolute atomic E-state index is 9.35. The fourth-order valence-corrected chi connectivity index (χ4v) is 3.02. The van der Waals surface area contributed by atoms with Gasteiger partial charge in [-0.15, -0.1) is 0 Å². The van der Waals surface area contributed by atoms with Crippen LogP contribution in [0.2, 0.25) is 0 Å². The second-order valence-electron chi connectivity index (χ2n) is 5.68. The Balaban J connectivity index is 2.71. The van der Waals surface area contributed by atoms with Gasteiger partial charge in [-0.25, -0.2) is 4.98 Å². The molecule has 0 bridgehead atoms. The van der Waals surface area contributed by atoms with Crippen molar-refractivity contribution in [2.75, 3.05) is 0 Å². The van der Waals surface area contributed by atoms with E-state index in [2.05, 4.69) is 46.6 Å². The number of nitrogens with zero attached hydrogens (tertiary/aromatic N) is 3. The van der Waals surface area contributed by atoms with Crippen molar-refractivity contribution in [1.29, 1.82) is 10.7 Å². The van der Waals surface area contributed by atoms with Crippen LogP contribution in [0.4, 0.5) is 0 Å². The number of nitrogens with one attached hydrogen (secondary N) is 2. The van der Waals surface area contributed by atoms with Gasteiger partial charge in [-0.05, 0) is 45.2 Å². The number of hydrogen-bond acceptors (Lipinski definition) is 3. The molecule has 2 N–H and O–H groups in total. The summed E-state index contributed by atoms with van der Waals surface area (Å²) in [5.74, 6) is 0. The van der Waals surface area contributed by atoms with E-state index in [-0.39, 0.29) is 11.5 Å². The highest BCUT2D eigenvalue weighted by Crippen LogP contribution is 2.29. The Bertz CT molecular complexity index is 966. The average Bonchev–Trinajstić information content (AvgIpc) is 2.37. The van der Waals surface area contributed by atoms with Crippen molar-refractivity contribution in [3.63, 3.8) is 0 Å². The monoisotopic (exact) mass is 279 g/mol. The highest BCUT2D eigenvalue weighted by atomic mass is 15.1. The van der Waals surface area contributed by atoms with E-state index >= 15 is 0 Å². The molecule has 106 valence electrons. The molecule has 0 atom stereocenters. The predicted molar refractivity (Wildman–Crippen MR) is 82.0 cm³/mol. The highest BCUT2D eigenvalue weighted by Gasteiger charge is 2.16. The molecule has 0 aliphatic carbocycles. The maximum Gasteiger partial charge on any atom is 0.167 e. The van der Waals surface area contributed by atoms with Gasteiger partial charge in [0.25, 0.3) is 0 Å². The number of rotatable bonds is 1. The van der Waals surface area contributed by atoms with Crippen LogP contribution in [-0.2, 0) is 0 Å². The molecule has 0 fully saturated rings. The first-order chi connectivity index (χ1) is 9.93. The van der Waals surface area contributed by atoms with Gasteiger partial charge in [0.05, 0.1) is 5.52 Å². The van der Waals surface area contributed by atoms with Crippen LogP contribution in [0.15, 0.2) is 12.1 Å². The third-order valence-electron chi connectivity index (χ3n) is 3.76. The summed E-state index contributed by atoms with van der Waals surface area (Å²) in [7, 11) is 0. The third-order valence-corrected chi connectivity index (χ3v) is 3.76. The summed E-state index contributed by atoms with van der Waals surface area (Å²) in [6.45, 7) is 8.19. The number of aromatic amines is 1. The number of nitriles is 1. The second-order valence-corrected chi connectivity index (χ2v) is 5.68. The molecule has 0 saturated heterocycles. The summed E-state index contributed by atoms with van der Waals surface area (Å²) in [4.78, 5) is 7.63. The van der Waals surface area contributed by atoms with E-state index in [9.17, 15) is 5.26 Å². The third kappa shape index (κ3) is 1.83. The van der Waals surface area contributed by atoms with Gasteiger partial charge in [0.1, 0.15) is 17.3 Å². The minimum absolute atomic E-state index is 0.0214. The lowest BCUT2D eigenvalue weighted by Crippen LogP contribution is -2.18. The largest absolute Gasteiger partial charge is 0.357 e. The Morgan fingerprint density at radius 3 is 2.67 bits per heavy atom. The van der Waals surface area contributed by atoms with E-state index in [1.54, 1.807) is 0 Å². The lowest BCUT2D eigenvalue weighted by Gasteiger charge is -2.20. The Morgan fingerprint density at radius 2 is 2.05 bits per heavy atom. The van der Waals surface area contributed by atoms with Crippen molar-refractivity contribution in [1.82, 2.24) is 14.5 Å². The van der Waals surface area contributed by atoms with Gasteiger partial charge in [0.15, 0.2) is 5.49 Å². The summed E-state index contributed by atoms with van der Waals surface area (Å²) in [5.41, 5.74) is 3.85. The van der Waals surface area contributed by atoms with Crippen LogP contribution in [0.5, 0.6) is 0 Å². The second kappa shape index (κ2) is 4.45. The van der Waals surface area contributed by atoms with Crippen molar-refractivity contribution in [3.8, 4) is 6.07 Å². The molecular weight excluding hydrogens is 262 g/mol. The number of hydrogen-bond donors (Lipinski definition) is 2.